The summed E-state index contributed by atoms with van der Waals surface area (Å²) < 4.78 is 1.67. The normalized spacial score (nSPS) is 10.8. The number of aryl methyl sites for hydroxylation is 2. The second kappa shape index (κ2) is 3.06. The second-order valence-corrected chi connectivity index (χ2v) is 3.42. The Morgan fingerprint density at radius 3 is 2.93 bits per heavy atom. The highest BCUT2D eigenvalue weighted by atomic mass is 35.5. The first-order valence-electron chi connectivity index (χ1n) is 4.09. The highest BCUT2D eigenvalue weighted by Gasteiger charge is 2.09. The number of nitrogens with zero attached hydrogens (tertiary/aromatic N) is 3. The maximum atomic E-state index is 10.9. The number of hydrogen-bond acceptors (Lipinski definition) is 3. The van der Waals surface area contributed by atoms with E-state index < -0.39 is 5.24 Å². The molecule has 0 amide bonds. The fourth-order valence-electron chi connectivity index (χ4n) is 1.42. The lowest BCUT2D eigenvalue weighted by atomic mass is 10.2. The summed E-state index contributed by atoms with van der Waals surface area (Å²) in [4.78, 5) is 15.0. The predicted molar refractivity (Wildman–Crippen MR) is 53.4 cm³/mol. The van der Waals surface area contributed by atoms with E-state index in [1.807, 2.05) is 14.0 Å². The molecule has 4 nitrogen and oxygen atoms in total. The molecule has 0 unspecified atom stereocenters. The lowest BCUT2D eigenvalue weighted by molar-refractivity contribution is 0.108. The van der Waals surface area contributed by atoms with Crippen LogP contribution >= 0.6 is 11.6 Å². The second-order valence-electron chi connectivity index (χ2n) is 3.08. The van der Waals surface area contributed by atoms with E-state index in [4.69, 9.17) is 11.6 Å². The number of hydrogen-bond donors (Lipinski definition) is 0. The molecule has 5 heteroatoms. The molecule has 0 aliphatic rings. The summed E-state index contributed by atoms with van der Waals surface area (Å²) in [7, 11) is 1.81. The molecule has 0 bridgehead atoms. The quantitative estimate of drug-likeness (QED) is 0.671. The summed E-state index contributed by atoms with van der Waals surface area (Å²) >= 11 is 5.36. The van der Waals surface area contributed by atoms with Crippen molar-refractivity contribution < 1.29 is 4.79 Å². The zero-order chi connectivity index (χ0) is 10.3. The zero-order valence-corrected chi connectivity index (χ0v) is 8.54. The molecule has 0 saturated heterocycles. The fraction of sp³-hybridized carbons (Fsp3) is 0.222. The van der Waals surface area contributed by atoms with Crippen molar-refractivity contribution in [3.63, 3.8) is 0 Å². The Morgan fingerprint density at radius 1 is 1.57 bits per heavy atom. The van der Waals surface area contributed by atoms with Gasteiger partial charge >= 0.3 is 0 Å². The van der Waals surface area contributed by atoms with Gasteiger partial charge in [0.15, 0.2) is 5.65 Å². The van der Waals surface area contributed by atoms with Gasteiger partial charge in [0.1, 0.15) is 0 Å². The van der Waals surface area contributed by atoms with Gasteiger partial charge < -0.3 is 0 Å². The van der Waals surface area contributed by atoms with E-state index in [9.17, 15) is 4.79 Å². The first-order valence-corrected chi connectivity index (χ1v) is 4.46. The van der Waals surface area contributed by atoms with E-state index >= 15 is 0 Å². The number of carbonyl (C=O) groups is 1. The van der Waals surface area contributed by atoms with E-state index in [0.29, 0.717) is 5.56 Å². The summed E-state index contributed by atoms with van der Waals surface area (Å²) in [5, 5.41) is 4.55. The molecule has 2 aromatic rings. The van der Waals surface area contributed by atoms with Gasteiger partial charge in [-0.3, -0.25) is 9.48 Å². The third-order valence-electron chi connectivity index (χ3n) is 2.09. The summed E-state index contributed by atoms with van der Waals surface area (Å²) in [6.07, 6.45) is 1.46. The maximum Gasteiger partial charge on any atom is 0.253 e. The molecular formula is C9H8ClN3O. The van der Waals surface area contributed by atoms with Crippen LogP contribution in [0.2, 0.25) is 0 Å². The Kier molecular flexibility index (Phi) is 2.00. The molecule has 0 radical (unpaired) electrons. The molecular weight excluding hydrogens is 202 g/mol. The smallest absolute Gasteiger partial charge is 0.253 e. The van der Waals surface area contributed by atoms with Crippen LogP contribution in [0.15, 0.2) is 12.3 Å². The highest BCUT2D eigenvalue weighted by Crippen LogP contribution is 2.17. The Balaban J connectivity index is 2.77. The number of fused-ring (bicyclic) bond motifs is 1. The summed E-state index contributed by atoms with van der Waals surface area (Å²) in [5.41, 5.74) is 1.99. The molecule has 0 spiro atoms. The molecule has 0 fully saturated rings. The van der Waals surface area contributed by atoms with Crippen molar-refractivity contribution >= 4 is 27.9 Å². The number of pyridine rings is 1. The van der Waals surface area contributed by atoms with Crippen molar-refractivity contribution in [3.05, 3.63) is 23.5 Å². The van der Waals surface area contributed by atoms with E-state index in [-0.39, 0.29) is 0 Å². The van der Waals surface area contributed by atoms with Crippen molar-refractivity contribution in [3.8, 4) is 0 Å². The van der Waals surface area contributed by atoms with Crippen LogP contribution < -0.4 is 0 Å². The monoisotopic (exact) mass is 209 g/mol. The van der Waals surface area contributed by atoms with Crippen molar-refractivity contribution in [2.45, 2.75) is 6.92 Å². The first-order chi connectivity index (χ1) is 6.59. The molecule has 72 valence electrons. The standard InChI is InChI=1S/C9H8ClN3O/c1-5-7-3-6(8(10)14)4-11-9(7)13(2)12-5/h3-4H,1-2H3. The van der Waals surface area contributed by atoms with Gasteiger partial charge in [0, 0.05) is 18.6 Å². The largest absolute Gasteiger partial charge is 0.276 e. The van der Waals surface area contributed by atoms with Gasteiger partial charge in [-0.2, -0.15) is 5.10 Å². The van der Waals surface area contributed by atoms with Crippen LogP contribution in [0.1, 0.15) is 16.1 Å². The highest BCUT2D eigenvalue weighted by molar-refractivity contribution is 6.67. The van der Waals surface area contributed by atoms with Gasteiger partial charge in [-0.15, -0.1) is 0 Å². The molecule has 0 saturated carbocycles. The van der Waals surface area contributed by atoms with Gasteiger partial charge in [0.25, 0.3) is 5.24 Å². The van der Waals surface area contributed by atoms with E-state index in [1.165, 1.54) is 6.20 Å². The van der Waals surface area contributed by atoms with Gasteiger partial charge in [-0.1, -0.05) is 0 Å². The third kappa shape index (κ3) is 1.28. The Hall–Kier alpha value is -1.42. The molecule has 0 aliphatic carbocycles. The number of aromatic nitrogens is 3. The van der Waals surface area contributed by atoms with Crippen LogP contribution in [0.5, 0.6) is 0 Å². The predicted octanol–water partition coefficient (Wildman–Crippen LogP) is 1.66. The lowest BCUT2D eigenvalue weighted by Gasteiger charge is -1.94. The van der Waals surface area contributed by atoms with Crippen molar-refractivity contribution in [1.82, 2.24) is 14.8 Å². The van der Waals surface area contributed by atoms with Crippen molar-refractivity contribution in [2.24, 2.45) is 7.05 Å². The Labute approximate surface area is 85.5 Å². The SMILES string of the molecule is Cc1nn(C)c2ncc(C(=O)Cl)cc12. The van der Waals surface area contributed by atoms with Crippen molar-refractivity contribution in [1.29, 1.82) is 0 Å². The van der Waals surface area contributed by atoms with Crippen LogP contribution in [0.3, 0.4) is 0 Å². The summed E-state index contributed by atoms with van der Waals surface area (Å²) in [5.74, 6) is 0. The lowest BCUT2D eigenvalue weighted by Crippen LogP contribution is -1.94. The van der Waals surface area contributed by atoms with E-state index in [1.54, 1.807) is 10.7 Å². The molecule has 2 rings (SSSR count). The topological polar surface area (TPSA) is 47.8 Å². The summed E-state index contributed by atoms with van der Waals surface area (Å²) in [6, 6.07) is 1.71. The average molecular weight is 210 g/mol. The number of carbonyl (C=O) groups excluding carboxylic acids is 1. The van der Waals surface area contributed by atoms with E-state index in [0.717, 1.165) is 16.7 Å². The minimum absolute atomic E-state index is 0.398. The first kappa shape index (κ1) is 9.15. The third-order valence-corrected chi connectivity index (χ3v) is 2.31. The van der Waals surface area contributed by atoms with Crippen LogP contribution in [0, 0.1) is 6.92 Å². The number of rotatable bonds is 1. The molecule has 0 aromatic carbocycles. The molecule has 0 N–H and O–H groups in total. The maximum absolute atomic E-state index is 10.9. The Morgan fingerprint density at radius 2 is 2.29 bits per heavy atom. The Bertz CT molecular complexity index is 518. The van der Waals surface area contributed by atoms with Gasteiger partial charge in [-0.25, -0.2) is 4.98 Å². The zero-order valence-electron chi connectivity index (χ0n) is 7.78. The van der Waals surface area contributed by atoms with Crippen LogP contribution in [0.4, 0.5) is 0 Å². The van der Waals surface area contributed by atoms with Gasteiger partial charge in [0.2, 0.25) is 0 Å². The molecule has 14 heavy (non-hydrogen) atoms. The minimum atomic E-state index is -0.498. The van der Waals surface area contributed by atoms with E-state index in [2.05, 4.69) is 10.1 Å². The van der Waals surface area contributed by atoms with Crippen LogP contribution in [-0.2, 0) is 7.05 Å². The number of halogens is 1. The summed E-state index contributed by atoms with van der Waals surface area (Å²) in [6.45, 7) is 1.87. The molecule has 2 heterocycles. The van der Waals surface area contributed by atoms with Crippen LogP contribution in [-0.4, -0.2) is 20.0 Å². The van der Waals surface area contributed by atoms with Gasteiger partial charge in [-0.05, 0) is 24.6 Å². The minimum Gasteiger partial charge on any atom is -0.276 e. The van der Waals surface area contributed by atoms with Crippen molar-refractivity contribution in [2.75, 3.05) is 0 Å². The van der Waals surface area contributed by atoms with Crippen LogP contribution in [0.25, 0.3) is 11.0 Å². The molecule has 0 atom stereocenters. The molecule has 0 aliphatic heterocycles. The average Bonchev–Trinajstić information content (AvgIpc) is 2.42. The fourth-order valence-corrected chi connectivity index (χ4v) is 1.52. The molecule has 2 aromatic heterocycles. The van der Waals surface area contributed by atoms with Gasteiger partial charge in [0.05, 0.1) is 11.3 Å².